The summed E-state index contributed by atoms with van der Waals surface area (Å²) >= 11 is 0. The van der Waals surface area contributed by atoms with Gasteiger partial charge < -0.3 is 24.8 Å². The number of aliphatic hydroxyl groups is 1. The quantitative estimate of drug-likeness (QED) is 0.548. The van der Waals surface area contributed by atoms with Gasteiger partial charge >= 0.3 is 0 Å². The van der Waals surface area contributed by atoms with E-state index in [1.165, 1.54) is 5.69 Å². The highest BCUT2D eigenvalue weighted by Gasteiger charge is 2.26. The molecule has 0 bridgehead atoms. The number of pyridine rings is 1. The molecule has 1 aliphatic heterocycles. The molecule has 9 nitrogen and oxygen atoms in total. The molecule has 4 heterocycles. The second-order valence-corrected chi connectivity index (χ2v) is 9.37. The molecule has 182 valence electrons. The van der Waals surface area contributed by atoms with Crippen LogP contribution in [0.4, 0.5) is 11.8 Å². The van der Waals surface area contributed by atoms with E-state index >= 15 is 0 Å². The van der Waals surface area contributed by atoms with Crippen molar-refractivity contribution in [2.45, 2.75) is 50.7 Å². The number of hydrogen-bond acceptors (Lipinski definition) is 8. The number of aliphatic hydroxyl groups excluding tert-OH is 1. The van der Waals surface area contributed by atoms with Crippen molar-refractivity contribution >= 4 is 17.3 Å². The van der Waals surface area contributed by atoms with Gasteiger partial charge in [0.1, 0.15) is 5.82 Å². The van der Waals surface area contributed by atoms with Crippen molar-refractivity contribution in [3.63, 3.8) is 0 Å². The maximum Gasteiger partial charge on any atom is 0.241 e. The Bertz CT molecular complexity index is 1110. The Morgan fingerprint density at radius 3 is 2.74 bits per heavy atom. The zero-order valence-electron chi connectivity index (χ0n) is 20.0. The number of nitrogens with zero attached hydrogens (tertiary/aromatic N) is 5. The Kier molecular flexibility index (Phi) is 6.94. The molecule has 0 aromatic carbocycles. The topological polar surface area (TPSA) is 97.0 Å². The average Bonchev–Trinajstić information content (AvgIpc) is 3.24. The normalized spacial score (nSPS) is 22.1. The largest absolute Gasteiger partial charge is 0.393 e. The fourth-order valence-corrected chi connectivity index (χ4v) is 5.04. The van der Waals surface area contributed by atoms with Crippen LogP contribution in [0.1, 0.15) is 44.2 Å². The van der Waals surface area contributed by atoms with Gasteiger partial charge in [0, 0.05) is 49.6 Å². The lowest BCUT2D eigenvalue weighted by Gasteiger charge is -2.28. The molecule has 34 heavy (non-hydrogen) atoms. The third kappa shape index (κ3) is 4.87. The molecule has 2 fully saturated rings. The maximum atomic E-state index is 10.0. The Hall–Kier alpha value is -2.75. The van der Waals surface area contributed by atoms with Crippen LogP contribution in [0.2, 0.25) is 0 Å². The second kappa shape index (κ2) is 10.2. The van der Waals surface area contributed by atoms with Crippen molar-refractivity contribution in [1.82, 2.24) is 19.6 Å². The van der Waals surface area contributed by atoms with E-state index in [0.29, 0.717) is 18.5 Å². The molecular weight excluding hydrogens is 432 g/mol. The number of anilines is 2. The number of aromatic nitrogens is 4. The van der Waals surface area contributed by atoms with E-state index in [0.717, 1.165) is 74.4 Å². The van der Waals surface area contributed by atoms with Crippen molar-refractivity contribution in [2.24, 2.45) is 0 Å². The third-order valence-electron chi connectivity index (χ3n) is 6.84. The first kappa shape index (κ1) is 23.0. The molecule has 0 radical (unpaired) electrons. The van der Waals surface area contributed by atoms with Crippen LogP contribution in [-0.4, -0.2) is 76.9 Å². The monoisotopic (exact) mass is 466 g/mol. The van der Waals surface area contributed by atoms with Gasteiger partial charge in [0.2, 0.25) is 5.95 Å². The van der Waals surface area contributed by atoms with Crippen molar-refractivity contribution in [1.29, 1.82) is 0 Å². The summed E-state index contributed by atoms with van der Waals surface area (Å²) in [5.41, 5.74) is 4.36. The Balaban J connectivity index is 1.54. The number of morpholine rings is 1. The zero-order chi connectivity index (χ0) is 23.5. The van der Waals surface area contributed by atoms with Crippen LogP contribution in [0, 0.1) is 0 Å². The molecular formula is C25H34N6O3. The predicted molar refractivity (Wildman–Crippen MR) is 131 cm³/mol. The molecule has 9 heteroatoms. The van der Waals surface area contributed by atoms with Gasteiger partial charge in [-0.15, -0.1) is 5.10 Å². The van der Waals surface area contributed by atoms with Gasteiger partial charge in [0.05, 0.1) is 37.6 Å². The molecule has 1 atom stereocenters. The van der Waals surface area contributed by atoms with E-state index in [1.807, 2.05) is 23.8 Å². The van der Waals surface area contributed by atoms with E-state index in [1.54, 1.807) is 7.11 Å². The SMILES string of the molecule is COC[C@H](C)Nc1ncc2c(-c3ccnc(N4CCOCC4)c3)cc(C3CCC(O)CC3)n2n1. The summed E-state index contributed by atoms with van der Waals surface area (Å²) in [5, 5.41) is 18.3. The van der Waals surface area contributed by atoms with E-state index in [-0.39, 0.29) is 12.1 Å². The van der Waals surface area contributed by atoms with E-state index < -0.39 is 0 Å². The van der Waals surface area contributed by atoms with Gasteiger partial charge in [-0.1, -0.05) is 0 Å². The fraction of sp³-hybridized carbons (Fsp3) is 0.560. The van der Waals surface area contributed by atoms with Crippen LogP contribution in [-0.2, 0) is 9.47 Å². The fourth-order valence-electron chi connectivity index (χ4n) is 5.04. The summed E-state index contributed by atoms with van der Waals surface area (Å²) in [4.78, 5) is 11.5. The van der Waals surface area contributed by atoms with Gasteiger partial charge in [-0.25, -0.2) is 14.5 Å². The van der Waals surface area contributed by atoms with Crippen LogP contribution >= 0.6 is 0 Å². The van der Waals surface area contributed by atoms with E-state index in [2.05, 4.69) is 38.4 Å². The van der Waals surface area contributed by atoms with Gasteiger partial charge in [-0.3, -0.25) is 0 Å². The van der Waals surface area contributed by atoms with E-state index in [4.69, 9.17) is 14.6 Å². The van der Waals surface area contributed by atoms with Gasteiger partial charge in [0.25, 0.3) is 0 Å². The van der Waals surface area contributed by atoms with Crippen LogP contribution < -0.4 is 10.2 Å². The molecule has 3 aromatic heterocycles. The van der Waals surface area contributed by atoms with Crippen LogP contribution in [0.25, 0.3) is 16.6 Å². The van der Waals surface area contributed by atoms with Crippen molar-refractivity contribution in [3.05, 3.63) is 36.3 Å². The van der Waals surface area contributed by atoms with Crippen molar-refractivity contribution in [2.75, 3.05) is 50.2 Å². The van der Waals surface area contributed by atoms with Gasteiger partial charge in [-0.05, 0) is 56.4 Å². The minimum Gasteiger partial charge on any atom is -0.393 e. The summed E-state index contributed by atoms with van der Waals surface area (Å²) in [5.74, 6) is 1.90. The average molecular weight is 467 g/mol. The lowest BCUT2D eigenvalue weighted by Crippen LogP contribution is -2.36. The minimum atomic E-state index is -0.194. The first-order valence-corrected chi connectivity index (χ1v) is 12.2. The first-order valence-electron chi connectivity index (χ1n) is 12.2. The van der Waals surface area contributed by atoms with Crippen LogP contribution in [0.5, 0.6) is 0 Å². The van der Waals surface area contributed by atoms with Crippen molar-refractivity contribution < 1.29 is 14.6 Å². The molecule has 2 aliphatic rings. The molecule has 0 spiro atoms. The number of hydrogen-bond donors (Lipinski definition) is 2. The van der Waals surface area contributed by atoms with Crippen LogP contribution in [0.15, 0.2) is 30.6 Å². The number of nitrogens with one attached hydrogen (secondary N) is 1. The minimum absolute atomic E-state index is 0.0991. The Labute approximate surface area is 200 Å². The van der Waals surface area contributed by atoms with Gasteiger partial charge in [0.15, 0.2) is 0 Å². The smallest absolute Gasteiger partial charge is 0.241 e. The molecule has 5 rings (SSSR count). The Morgan fingerprint density at radius 1 is 1.18 bits per heavy atom. The highest BCUT2D eigenvalue weighted by Crippen LogP contribution is 2.38. The summed E-state index contributed by atoms with van der Waals surface area (Å²) in [6.07, 6.45) is 7.14. The molecule has 1 aliphatic carbocycles. The molecule has 0 unspecified atom stereocenters. The highest BCUT2D eigenvalue weighted by molar-refractivity contribution is 5.82. The molecule has 1 saturated heterocycles. The van der Waals surface area contributed by atoms with Crippen LogP contribution in [0.3, 0.4) is 0 Å². The zero-order valence-corrected chi connectivity index (χ0v) is 20.0. The number of ether oxygens (including phenoxy) is 2. The Morgan fingerprint density at radius 2 is 1.97 bits per heavy atom. The lowest BCUT2D eigenvalue weighted by atomic mass is 9.85. The molecule has 2 N–H and O–H groups in total. The number of methoxy groups -OCH3 is 1. The van der Waals surface area contributed by atoms with Crippen molar-refractivity contribution in [3.8, 4) is 11.1 Å². The van der Waals surface area contributed by atoms with Gasteiger partial charge in [-0.2, -0.15) is 0 Å². The molecule has 1 saturated carbocycles. The number of fused-ring (bicyclic) bond motifs is 1. The summed E-state index contributed by atoms with van der Waals surface area (Å²) in [6, 6.07) is 6.57. The maximum absolute atomic E-state index is 10.0. The second-order valence-electron chi connectivity index (χ2n) is 9.37. The standard InChI is InChI=1S/C25H34N6O3/c1-17(16-33-2)28-25-27-15-23-21(14-22(31(23)29-25)18-3-5-20(32)6-4-18)19-7-8-26-24(13-19)30-9-11-34-12-10-30/h7-8,13-15,17-18,20,32H,3-6,9-12,16H2,1-2H3,(H,28,29)/t17-,18?,20?/m0/s1. The highest BCUT2D eigenvalue weighted by atomic mass is 16.5. The molecule has 0 amide bonds. The van der Waals surface area contributed by atoms with E-state index in [9.17, 15) is 5.11 Å². The summed E-state index contributed by atoms with van der Waals surface area (Å²) < 4.78 is 12.8. The summed E-state index contributed by atoms with van der Waals surface area (Å²) in [6.45, 7) is 5.77. The third-order valence-corrected chi connectivity index (χ3v) is 6.84. The predicted octanol–water partition coefficient (Wildman–Crippen LogP) is 3.09. The first-order chi connectivity index (χ1) is 16.6. The molecule has 3 aromatic rings. The number of rotatable bonds is 7. The lowest BCUT2D eigenvalue weighted by molar-refractivity contribution is 0.121. The summed E-state index contributed by atoms with van der Waals surface area (Å²) in [7, 11) is 1.69.